The van der Waals surface area contributed by atoms with E-state index in [9.17, 15) is 27.6 Å². The van der Waals surface area contributed by atoms with Crippen LogP contribution in [0.1, 0.15) is 81.6 Å². The molecule has 0 radical (unpaired) electrons. The molecule has 1 saturated carbocycles. The van der Waals surface area contributed by atoms with Crippen molar-refractivity contribution in [3.05, 3.63) is 56.1 Å². The number of halogens is 4. The highest BCUT2D eigenvalue weighted by Gasteiger charge is 2.49. The number of nitrogens with one attached hydrogen (secondary N) is 1. The summed E-state index contributed by atoms with van der Waals surface area (Å²) in [5, 5.41) is 2.46. The van der Waals surface area contributed by atoms with Crippen LogP contribution >= 0.6 is 11.6 Å². The van der Waals surface area contributed by atoms with Gasteiger partial charge in [0, 0.05) is 25.0 Å². The third kappa shape index (κ3) is 5.46. The van der Waals surface area contributed by atoms with E-state index in [2.05, 4.69) is 15.2 Å². The Morgan fingerprint density at radius 3 is 2.33 bits per heavy atom. The molecule has 14 heteroatoms. The fraction of sp³-hybridized carbons (Fsp3) is 0.531. The Bertz CT molecular complexity index is 1820. The van der Waals surface area contributed by atoms with Gasteiger partial charge in [-0.25, -0.2) is 14.8 Å². The van der Waals surface area contributed by atoms with E-state index in [0.29, 0.717) is 42.3 Å². The van der Waals surface area contributed by atoms with Crippen LogP contribution in [0.5, 0.6) is 0 Å². The van der Waals surface area contributed by atoms with Crippen LogP contribution in [0, 0.1) is 13.8 Å². The van der Waals surface area contributed by atoms with Crippen molar-refractivity contribution in [3.8, 4) is 0 Å². The zero-order valence-corrected chi connectivity index (χ0v) is 27.2. The lowest BCUT2D eigenvalue weighted by molar-refractivity contribution is -0.137. The molecule has 246 valence electrons. The average molecular weight is 661 g/mol. The number of aryl methyl sites for hydroxylation is 2. The molecule has 1 N–H and O–H groups in total. The first-order valence-corrected chi connectivity index (χ1v) is 15.7. The van der Waals surface area contributed by atoms with Gasteiger partial charge in [0.15, 0.2) is 11.2 Å². The van der Waals surface area contributed by atoms with Crippen LogP contribution in [-0.4, -0.2) is 62.2 Å². The number of amides is 2. The van der Waals surface area contributed by atoms with Crippen molar-refractivity contribution in [2.24, 2.45) is 0 Å². The third-order valence-electron chi connectivity index (χ3n) is 9.16. The maximum atomic E-state index is 14.3. The number of carbonyl (C=O) groups excluding carboxylic acids is 2. The minimum atomic E-state index is -4.58. The van der Waals surface area contributed by atoms with Crippen molar-refractivity contribution in [1.29, 1.82) is 0 Å². The number of hydrogen-bond acceptors (Lipinski definition) is 7. The van der Waals surface area contributed by atoms with Crippen molar-refractivity contribution in [3.63, 3.8) is 0 Å². The summed E-state index contributed by atoms with van der Waals surface area (Å²) >= 11 is 6.17. The standard InChI is InChI=1S/C32H36ClF3N6O4/c1-15-13-23(29(44)39-20-8-7-18(14-19(20)33)32(34,35)36)42-25(15)26(27(43)24-28(42)38-17(3)16(2)37-24)40-11-12-41(22-10-9-21(22)40)30(45)46-31(4,5)6/h7-8,14-15,21-23H,9-13H2,1-6H3,(H,39,44)/t15-,21-,22-,23-/m0/s1. The highest BCUT2D eigenvalue weighted by molar-refractivity contribution is 6.33. The normalized spacial score (nSPS) is 22.7. The lowest BCUT2D eigenvalue weighted by Gasteiger charge is -2.54. The zero-order valence-electron chi connectivity index (χ0n) is 26.5. The second kappa shape index (κ2) is 11.1. The van der Waals surface area contributed by atoms with Crippen LogP contribution in [0.3, 0.4) is 0 Å². The van der Waals surface area contributed by atoms with Gasteiger partial charge in [-0.05, 0) is 72.1 Å². The molecule has 0 spiro atoms. The van der Waals surface area contributed by atoms with E-state index in [1.54, 1.807) is 23.3 Å². The molecule has 3 aliphatic rings. The third-order valence-corrected chi connectivity index (χ3v) is 9.47. The molecule has 0 bridgehead atoms. The predicted octanol–water partition coefficient (Wildman–Crippen LogP) is 6.36. The molecule has 10 nitrogen and oxygen atoms in total. The fourth-order valence-electron chi connectivity index (χ4n) is 6.78. The summed E-state index contributed by atoms with van der Waals surface area (Å²) in [6.07, 6.45) is -3.11. The molecule has 4 heterocycles. The highest BCUT2D eigenvalue weighted by atomic mass is 35.5. The monoisotopic (exact) mass is 660 g/mol. The van der Waals surface area contributed by atoms with Gasteiger partial charge in [0.05, 0.1) is 39.4 Å². The number of benzene rings is 1. The SMILES string of the molecule is Cc1nc2c(=O)c(N3CCN(C(=O)OC(C)(C)C)[C@H]4CC[C@@H]43)c3n(c2nc1C)[C@H](C(=O)Nc1ccc(C(F)(F)F)cc1Cl)C[C@@H]3C. The van der Waals surface area contributed by atoms with E-state index in [1.165, 1.54) is 0 Å². The predicted molar refractivity (Wildman–Crippen MR) is 168 cm³/mol. The van der Waals surface area contributed by atoms with Crippen molar-refractivity contribution in [2.45, 2.75) is 96.6 Å². The molecule has 1 saturated heterocycles. The molecule has 46 heavy (non-hydrogen) atoms. The maximum Gasteiger partial charge on any atom is 0.416 e. The van der Waals surface area contributed by atoms with Gasteiger partial charge in [0.1, 0.15) is 17.3 Å². The number of ether oxygens (including phenoxy) is 1. The number of carbonyl (C=O) groups is 2. The Balaban J connectivity index is 1.42. The van der Waals surface area contributed by atoms with Gasteiger partial charge < -0.3 is 24.4 Å². The Morgan fingerprint density at radius 1 is 1.04 bits per heavy atom. The maximum absolute atomic E-state index is 14.3. The van der Waals surface area contributed by atoms with Crippen LogP contribution in [0.15, 0.2) is 23.0 Å². The number of fused-ring (bicyclic) bond motifs is 4. The summed E-state index contributed by atoms with van der Waals surface area (Å²) in [6.45, 7) is 11.7. The van der Waals surface area contributed by atoms with Gasteiger partial charge in [-0.3, -0.25) is 9.59 Å². The molecule has 2 fully saturated rings. The van der Waals surface area contributed by atoms with Crippen LogP contribution in [-0.2, 0) is 15.7 Å². The first-order valence-electron chi connectivity index (χ1n) is 15.3. The summed E-state index contributed by atoms with van der Waals surface area (Å²) in [7, 11) is 0. The van der Waals surface area contributed by atoms with Crippen molar-refractivity contribution >= 4 is 46.1 Å². The van der Waals surface area contributed by atoms with Gasteiger partial charge >= 0.3 is 12.3 Å². The van der Waals surface area contributed by atoms with Gasteiger partial charge in [0.25, 0.3) is 0 Å². The molecule has 6 rings (SSSR count). The number of hydrogen-bond donors (Lipinski definition) is 1. The van der Waals surface area contributed by atoms with Crippen LogP contribution < -0.4 is 15.6 Å². The van der Waals surface area contributed by atoms with Gasteiger partial charge in [0.2, 0.25) is 11.3 Å². The lowest BCUT2D eigenvalue weighted by Crippen LogP contribution is -2.67. The van der Waals surface area contributed by atoms with Gasteiger partial charge in [-0.1, -0.05) is 18.5 Å². The Labute approximate surface area is 268 Å². The van der Waals surface area contributed by atoms with E-state index in [4.69, 9.17) is 21.3 Å². The van der Waals surface area contributed by atoms with E-state index < -0.39 is 29.3 Å². The second-order valence-corrected chi connectivity index (χ2v) is 13.8. The van der Waals surface area contributed by atoms with E-state index in [1.807, 2.05) is 27.7 Å². The molecule has 1 aliphatic carbocycles. The van der Waals surface area contributed by atoms with Gasteiger partial charge in [-0.15, -0.1) is 0 Å². The number of anilines is 2. The van der Waals surface area contributed by atoms with E-state index in [-0.39, 0.29) is 51.4 Å². The summed E-state index contributed by atoms with van der Waals surface area (Å²) in [5.41, 5.74) is 0.857. The molecule has 2 aliphatic heterocycles. The molecule has 3 aromatic rings. The van der Waals surface area contributed by atoms with Gasteiger partial charge in [-0.2, -0.15) is 13.2 Å². The first-order chi connectivity index (χ1) is 21.5. The number of aromatic nitrogens is 3. The minimum Gasteiger partial charge on any atom is -0.444 e. The number of piperazine rings is 1. The van der Waals surface area contributed by atoms with Crippen molar-refractivity contribution in [2.75, 3.05) is 23.3 Å². The Hall–Kier alpha value is -3.87. The topological polar surface area (TPSA) is 110 Å². The Morgan fingerprint density at radius 2 is 1.72 bits per heavy atom. The molecular formula is C32H36ClF3N6O4. The van der Waals surface area contributed by atoms with Crippen molar-refractivity contribution in [1.82, 2.24) is 19.4 Å². The van der Waals surface area contributed by atoms with E-state index in [0.717, 1.165) is 31.0 Å². The number of pyridine rings is 1. The smallest absolute Gasteiger partial charge is 0.416 e. The van der Waals surface area contributed by atoms with Crippen LogP contribution in [0.4, 0.5) is 29.3 Å². The summed E-state index contributed by atoms with van der Waals surface area (Å²) in [4.78, 5) is 54.4. The minimum absolute atomic E-state index is 0.0417. The van der Waals surface area contributed by atoms with Crippen LogP contribution in [0.2, 0.25) is 5.02 Å². The first kappa shape index (κ1) is 32.1. The fourth-order valence-corrected chi connectivity index (χ4v) is 7.01. The average Bonchev–Trinajstić information content (AvgIpc) is 3.27. The summed E-state index contributed by atoms with van der Waals surface area (Å²) in [6, 6.07) is 1.66. The molecule has 4 atom stereocenters. The largest absolute Gasteiger partial charge is 0.444 e. The molecule has 2 amide bonds. The molecular weight excluding hydrogens is 625 g/mol. The lowest BCUT2D eigenvalue weighted by atomic mass is 9.81. The summed E-state index contributed by atoms with van der Waals surface area (Å²) < 4.78 is 47.1. The number of rotatable bonds is 3. The van der Waals surface area contributed by atoms with Crippen LogP contribution in [0.25, 0.3) is 11.2 Å². The van der Waals surface area contributed by atoms with Crippen molar-refractivity contribution < 1.29 is 27.5 Å². The molecule has 1 aromatic carbocycles. The second-order valence-electron chi connectivity index (χ2n) is 13.4. The highest BCUT2D eigenvalue weighted by Crippen LogP contribution is 2.46. The summed E-state index contributed by atoms with van der Waals surface area (Å²) in [5.74, 6) is -0.754. The molecule has 0 unspecified atom stereocenters. The van der Waals surface area contributed by atoms with E-state index >= 15 is 0 Å². The zero-order chi connectivity index (χ0) is 33.5. The quantitative estimate of drug-likeness (QED) is 0.348. The number of alkyl halides is 3. The Kier molecular flexibility index (Phi) is 7.77. The molecule has 2 aromatic heterocycles. The number of nitrogens with zero attached hydrogens (tertiary/aromatic N) is 5.